The molecule has 0 unspecified atom stereocenters. The SMILES string of the molecule is CC(=O)c1cc(C(=O)N2CCCc3cc(F)cc(F)c32)n(C)c1. The first-order valence-corrected chi connectivity index (χ1v) is 7.35. The second kappa shape index (κ2) is 5.61. The second-order valence-corrected chi connectivity index (χ2v) is 5.74. The van der Waals surface area contributed by atoms with Crippen molar-refractivity contribution in [3.05, 3.63) is 52.9 Å². The minimum atomic E-state index is -0.742. The van der Waals surface area contributed by atoms with Crippen LogP contribution < -0.4 is 4.90 Å². The molecule has 0 saturated carbocycles. The van der Waals surface area contributed by atoms with Crippen molar-refractivity contribution in [1.82, 2.24) is 4.57 Å². The molecule has 120 valence electrons. The van der Waals surface area contributed by atoms with Crippen LogP contribution in [0.4, 0.5) is 14.5 Å². The Kier molecular flexibility index (Phi) is 3.75. The average Bonchev–Trinajstić information content (AvgIpc) is 2.87. The number of amides is 1. The Bertz CT molecular complexity index is 811. The van der Waals surface area contributed by atoms with E-state index in [1.165, 1.54) is 24.0 Å². The number of aromatic nitrogens is 1. The van der Waals surface area contributed by atoms with Crippen LogP contribution in [0.5, 0.6) is 0 Å². The highest BCUT2D eigenvalue weighted by atomic mass is 19.1. The molecule has 0 saturated heterocycles. The van der Waals surface area contributed by atoms with Gasteiger partial charge in [0.2, 0.25) is 0 Å². The quantitative estimate of drug-likeness (QED) is 0.799. The van der Waals surface area contributed by atoms with Crippen molar-refractivity contribution in [3.8, 4) is 0 Å². The maximum absolute atomic E-state index is 14.2. The highest BCUT2D eigenvalue weighted by Crippen LogP contribution is 2.32. The first-order valence-electron chi connectivity index (χ1n) is 7.35. The van der Waals surface area contributed by atoms with E-state index < -0.39 is 17.5 Å². The Balaban J connectivity index is 2.04. The largest absolute Gasteiger partial charge is 0.346 e. The van der Waals surface area contributed by atoms with Crippen molar-refractivity contribution in [2.75, 3.05) is 11.4 Å². The number of aryl methyl sites for hydroxylation is 2. The molecule has 1 amide bonds. The first-order chi connectivity index (χ1) is 10.9. The van der Waals surface area contributed by atoms with Crippen molar-refractivity contribution in [1.29, 1.82) is 0 Å². The zero-order chi connectivity index (χ0) is 16.7. The summed E-state index contributed by atoms with van der Waals surface area (Å²) in [6, 6.07) is 3.56. The first kappa shape index (κ1) is 15.4. The Morgan fingerprint density at radius 1 is 1.17 bits per heavy atom. The molecule has 1 aliphatic heterocycles. The van der Waals surface area contributed by atoms with Gasteiger partial charge in [0.15, 0.2) is 5.78 Å². The topological polar surface area (TPSA) is 42.3 Å². The van der Waals surface area contributed by atoms with Crippen molar-refractivity contribution >= 4 is 17.4 Å². The van der Waals surface area contributed by atoms with Gasteiger partial charge in [-0.3, -0.25) is 9.59 Å². The number of fused-ring (bicyclic) bond motifs is 1. The van der Waals surface area contributed by atoms with Crippen LogP contribution >= 0.6 is 0 Å². The number of benzene rings is 1. The summed E-state index contributed by atoms with van der Waals surface area (Å²) in [4.78, 5) is 25.6. The number of halogens is 2. The minimum Gasteiger partial charge on any atom is -0.346 e. The third kappa shape index (κ3) is 2.65. The van der Waals surface area contributed by atoms with E-state index in [1.54, 1.807) is 17.8 Å². The summed E-state index contributed by atoms with van der Waals surface area (Å²) in [5, 5.41) is 0. The molecule has 0 bridgehead atoms. The van der Waals surface area contributed by atoms with Crippen LogP contribution in [0.15, 0.2) is 24.4 Å². The molecule has 0 N–H and O–H groups in total. The molecular weight excluding hydrogens is 302 g/mol. The van der Waals surface area contributed by atoms with Gasteiger partial charge in [0.25, 0.3) is 5.91 Å². The number of hydrogen-bond acceptors (Lipinski definition) is 2. The number of carbonyl (C=O) groups is 2. The van der Waals surface area contributed by atoms with Gasteiger partial charge in [-0.25, -0.2) is 8.78 Å². The third-order valence-electron chi connectivity index (χ3n) is 4.08. The normalized spacial score (nSPS) is 13.8. The van der Waals surface area contributed by atoms with Crippen LogP contribution in [0.2, 0.25) is 0 Å². The van der Waals surface area contributed by atoms with Crippen LogP contribution in [-0.2, 0) is 13.5 Å². The summed E-state index contributed by atoms with van der Waals surface area (Å²) in [5.41, 5.74) is 1.34. The lowest BCUT2D eigenvalue weighted by atomic mass is 10.0. The molecular formula is C17H16F2N2O2. The molecule has 0 aliphatic carbocycles. The minimum absolute atomic E-state index is 0.133. The van der Waals surface area contributed by atoms with Crippen LogP contribution in [0, 0.1) is 11.6 Å². The maximum atomic E-state index is 14.2. The predicted molar refractivity (Wildman–Crippen MR) is 81.8 cm³/mol. The van der Waals surface area contributed by atoms with Gasteiger partial charge in [-0.1, -0.05) is 0 Å². The zero-order valence-corrected chi connectivity index (χ0v) is 12.9. The second-order valence-electron chi connectivity index (χ2n) is 5.74. The highest BCUT2D eigenvalue weighted by Gasteiger charge is 2.29. The lowest BCUT2D eigenvalue weighted by molar-refractivity contribution is 0.0975. The number of rotatable bonds is 2. The van der Waals surface area contributed by atoms with Crippen molar-refractivity contribution in [2.24, 2.45) is 7.05 Å². The van der Waals surface area contributed by atoms with Crippen LogP contribution in [0.1, 0.15) is 39.8 Å². The Morgan fingerprint density at radius 3 is 2.57 bits per heavy atom. The van der Waals surface area contributed by atoms with E-state index in [-0.39, 0.29) is 11.5 Å². The fourth-order valence-corrected chi connectivity index (χ4v) is 2.96. The molecule has 2 aromatic rings. The summed E-state index contributed by atoms with van der Waals surface area (Å²) in [5.74, 6) is -1.93. The van der Waals surface area contributed by atoms with Crippen molar-refractivity contribution < 1.29 is 18.4 Å². The maximum Gasteiger partial charge on any atom is 0.274 e. The standard InChI is InChI=1S/C17H16F2N2O2/c1-10(22)12-7-15(20(2)9-12)17(23)21-5-3-4-11-6-13(18)8-14(19)16(11)21/h6-9H,3-5H2,1-2H3. The summed E-state index contributed by atoms with van der Waals surface area (Å²) in [6.07, 6.45) is 2.73. The van der Waals surface area contributed by atoms with Gasteiger partial charge in [0, 0.05) is 31.4 Å². The molecule has 23 heavy (non-hydrogen) atoms. The van der Waals surface area contributed by atoms with Gasteiger partial charge in [-0.2, -0.15) is 0 Å². The van der Waals surface area contributed by atoms with Crippen molar-refractivity contribution in [2.45, 2.75) is 19.8 Å². The zero-order valence-electron chi connectivity index (χ0n) is 12.9. The molecule has 1 aromatic heterocycles. The molecule has 0 fully saturated rings. The van der Waals surface area contributed by atoms with Gasteiger partial charge < -0.3 is 9.47 Å². The van der Waals surface area contributed by atoms with Gasteiger partial charge in [-0.15, -0.1) is 0 Å². The summed E-state index contributed by atoms with van der Waals surface area (Å²) < 4.78 is 29.1. The van der Waals surface area contributed by atoms with Crippen LogP contribution in [0.3, 0.4) is 0 Å². The van der Waals surface area contributed by atoms with Gasteiger partial charge >= 0.3 is 0 Å². The molecule has 4 nitrogen and oxygen atoms in total. The molecule has 1 aromatic carbocycles. The van der Waals surface area contributed by atoms with Crippen molar-refractivity contribution in [3.63, 3.8) is 0 Å². The van der Waals surface area contributed by atoms with Crippen LogP contribution in [0.25, 0.3) is 0 Å². The molecule has 3 rings (SSSR count). The Labute approximate surface area is 132 Å². The van der Waals surface area contributed by atoms with E-state index in [4.69, 9.17) is 0 Å². The number of ketones is 1. The fourth-order valence-electron chi connectivity index (χ4n) is 2.96. The highest BCUT2D eigenvalue weighted by molar-refractivity contribution is 6.07. The lowest BCUT2D eigenvalue weighted by Gasteiger charge is -2.30. The van der Waals surface area contributed by atoms with E-state index in [0.717, 1.165) is 6.07 Å². The average molecular weight is 318 g/mol. The van der Waals surface area contributed by atoms with E-state index >= 15 is 0 Å². The smallest absolute Gasteiger partial charge is 0.274 e. The number of hydrogen-bond donors (Lipinski definition) is 0. The van der Waals surface area contributed by atoms with Gasteiger partial charge in [0.1, 0.15) is 17.3 Å². The van der Waals surface area contributed by atoms with E-state index in [1.807, 2.05) is 0 Å². The molecule has 0 spiro atoms. The van der Waals surface area contributed by atoms with E-state index in [9.17, 15) is 18.4 Å². The summed E-state index contributed by atoms with van der Waals surface area (Å²) in [6.45, 7) is 1.78. The van der Waals surface area contributed by atoms with E-state index in [2.05, 4.69) is 0 Å². The van der Waals surface area contributed by atoms with E-state index in [0.29, 0.717) is 36.2 Å². The third-order valence-corrected chi connectivity index (χ3v) is 4.08. The van der Waals surface area contributed by atoms with Gasteiger partial charge in [0.05, 0.1) is 5.69 Å². The molecule has 0 atom stereocenters. The lowest BCUT2D eigenvalue weighted by Crippen LogP contribution is -2.37. The predicted octanol–water partition coefficient (Wildman–Crippen LogP) is 3.10. The fraction of sp³-hybridized carbons (Fsp3) is 0.294. The molecule has 2 heterocycles. The number of Topliss-reactive ketones (excluding diaryl/α,β-unsaturated/α-hetero) is 1. The summed E-state index contributed by atoms with van der Waals surface area (Å²) >= 11 is 0. The number of carbonyl (C=O) groups excluding carboxylic acids is 2. The Hall–Kier alpha value is -2.50. The molecule has 6 heteroatoms. The molecule has 0 radical (unpaired) electrons. The van der Waals surface area contributed by atoms with Crippen LogP contribution in [-0.4, -0.2) is 22.8 Å². The molecule has 1 aliphatic rings. The number of nitrogens with zero attached hydrogens (tertiary/aromatic N) is 2. The summed E-state index contributed by atoms with van der Waals surface area (Å²) in [7, 11) is 1.66. The van der Waals surface area contributed by atoms with Gasteiger partial charge in [-0.05, 0) is 37.5 Å². The monoisotopic (exact) mass is 318 g/mol. The Morgan fingerprint density at radius 2 is 1.91 bits per heavy atom. The number of anilines is 1.